The quantitative estimate of drug-likeness (QED) is 0.494. The smallest absolute Gasteiger partial charge is 0.197 e. The van der Waals surface area contributed by atoms with E-state index in [1.54, 1.807) is 7.11 Å². The number of ether oxygens (including phenoxy) is 1. The predicted molar refractivity (Wildman–Crippen MR) is 52.6 cm³/mol. The summed E-state index contributed by atoms with van der Waals surface area (Å²) in [5.74, 6) is 0.545. The van der Waals surface area contributed by atoms with Crippen LogP contribution in [0, 0.1) is 0 Å². The molecule has 0 saturated heterocycles. The first-order valence-corrected chi connectivity index (χ1v) is 5.06. The molecule has 0 aromatic carbocycles. The van der Waals surface area contributed by atoms with Crippen LogP contribution in [0.3, 0.4) is 0 Å². The lowest BCUT2D eigenvalue weighted by Crippen LogP contribution is -2.21. The zero-order valence-electron chi connectivity index (χ0n) is 8.38. The Labute approximate surface area is 76.8 Å². The zero-order chi connectivity index (χ0) is 9.78. The van der Waals surface area contributed by atoms with E-state index in [1.807, 2.05) is 27.7 Å². The molecule has 0 fully saturated rings. The molecule has 0 unspecified atom stereocenters. The van der Waals surface area contributed by atoms with Crippen LogP contribution in [-0.4, -0.2) is 22.0 Å². The van der Waals surface area contributed by atoms with Crippen LogP contribution in [0.5, 0.6) is 0 Å². The van der Waals surface area contributed by atoms with E-state index in [0.29, 0.717) is 12.3 Å². The summed E-state index contributed by atoms with van der Waals surface area (Å²) in [5, 5.41) is 0. The molecule has 4 heteroatoms. The van der Waals surface area contributed by atoms with E-state index in [2.05, 4.69) is 4.40 Å². The maximum absolute atomic E-state index is 11.4. The minimum atomic E-state index is -1.20. The number of hydrogen-bond donors (Lipinski definition) is 0. The van der Waals surface area contributed by atoms with Crippen molar-refractivity contribution in [3.05, 3.63) is 0 Å². The summed E-state index contributed by atoms with van der Waals surface area (Å²) in [6.45, 7) is 7.57. The van der Waals surface area contributed by atoms with Crippen molar-refractivity contribution < 1.29 is 8.95 Å². The standard InChI is InChI=1S/C8H17NO2S/c1-6-7(11-5)9-12(10)8(2,3)4/h6H2,1-5H3/b9-7+/t12-/m1/s1. The van der Waals surface area contributed by atoms with Crippen LogP contribution in [-0.2, 0) is 15.7 Å². The van der Waals surface area contributed by atoms with Crippen LogP contribution < -0.4 is 0 Å². The third kappa shape index (κ3) is 3.85. The molecule has 12 heavy (non-hydrogen) atoms. The van der Waals surface area contributed by atoms with Gasteiger partial charge in [-0.3, -0.25) is 0 Å². The molecule has 0 heterocycles. The Bertz CT molecular complexity index is 188. The molecule has 0 aromatic heterocycles. The summed E-state index contributed by atoms with van der Waals surface area (Å²) in [7, 11) is 0.340. The Morgan fingerprint density at radius 2 is 2.00 bits per heavy atom. The largest absolute Gasteiger partial charge is 0.484 e. The molecule has 0 bridgehead atoms. The molecule has 0 N–H and O–H groups in total. The fraction of sp³-hybridized carbons (Fsp3) is 0.875. The van der Waals surface area contributed by atoms with Gasteiger partial charge in [-0.2, -0.15) is 4.40 Å². The molecule has 0 amide bonds. The van der Waals surface area contributed by atoms with Gasteiger partial charge in [-0.15, -0.1) is 0 Å². The summed E-state index contributed by atoms with van der Waals surface area (Å²) in [5.41, 5.74) is 0. The molecule has 1 atom stereocenters. The van der Waals surface area contributed by atoms with Crippen LogP contribution in [0.4, 0.5) is 0 Å². The average Bonchev–Trinajstić information content (AvgIpc) is 1.97. The predicted octanol–water partition coefficient (Wildman–Crippen LogP) is 1.90. The summed E-state index contributed by atoms with van der Waals surface area (Å²) < 4.78 is 20.0. The summed E-state index contributed by atoms with van der Waals surface area (Å²) in [6.07, 6.45) is 0.679. The fourth-order valence-electron chi connectivity index (χ4n) is 0.476. The summed E-state index contributed by atoms with van der Waals surface area (Å²) in [4.78, 5) is 0. The highest BCUT2D eigenvalue weighted by Crippen LogP contribution is 2.12. The van der Waals surface area contributed by atoms with Crippen molar-refractivity contribution in [2.45, 2.75) is 38.9 Å². The number of hydrogen-bond acceptors (Lipinski definition) is 2. The van der Waals surface area contributed by atoms with E-state index < -0.39 is 11.0 Å². The van der Waals surface area contributed by atoms with Gasteiger partial charge in [0.25, 0.3) is 0 Å². The van der Waals surface area contributed by atoms with Gasteiger partial charge in [-0.05, 0) is 20.8 Å². The third-order valence-electron chi connectivity index (χ3n) is 1.25. The van der Waals surface area contributed by atoms with E-state index in [4.69, 9.17) is 4.74 Å². The fourth-order valence-corrected chi connectivity index (χ4v) is 1.14. The zero-order valence-corrected chi connectivity index (χ0v) is 9.20. The minimum Gasteiger partial charge on any atom is -0.484 e. The molecule has 0 spiro atoms. The van der Waals surface area contributed by atoms with E-state index in [-0.39, 0.29) is 4.75 Å². The number of methoxy groups -OCH3 is 1. The van der Waals surface area contributed by atoms with Crippen LogP contribution >= 0.6 is 0 Å². The highest BCUT2D eigenvalue weighted by atomic mass is 32.2. The second kappa shape index (κ2) is 4.60. The van der Waals surface area contributed by atoms with Crippen molar-refractivity contribution in [2.75, 3.05) is 7.11 Å². The average molecular weight is 191 g/mol. The van der Waals surface area contributed by atoms with Crippen molar-refractivity contribution in [3.8, 4) is 0 Å². The molecule has 0 aliphatic rings. The van der Waals surface area contributed by atoms with Gasteiger partial charge in [-0.1, -0.05) is 6.92 Å². The van der Waals surface area contributed by atoms with Gasteiger partial charge in [0.05, 0.1) is 11.9 Å². The number of nitrogens with zero attached hydrogens (tertiary/aromatic N) is 1. The Hall–Kier alpha value is -0.380. The first kappa shape index (κ1) is 11.6. The Balaban J connectivity index is 4.42. The summed E-state index contributed by atoms with van der Waals surface area (Å²) in [6, 6.07) is 0. The monoisotopic (exact) mass is 191 g/mol. The van der Waals surface area contributed by atoms with Gasteiger partial charge in [-0.25, -0.2) is 4.21 Å². The molecule has 0 aliphatic carbocycles. The van der Waals surface area contributed by atoms with Crippen molar-refractivity contribution in [1.82, 2.24) is 0 Å². The lowest BCUT2D eigenvalue weighted by Gasteiger charge is -2.13. The molecule has 0 aromatic rings. The topological polar surface area (TPSA) is 38.7 Å². The van der Waals surface area contributed by atoms with Gasteiger partial charge in [0.2, 0.25) is 0 Å². The van der Waals surface area contributed by atoms with E-state index >= 15 is 0 Å². The molecule has 0 saturated carbocycles. The van der Waals surface area contributed by atoms with E-state index in [9.17, 15) is 4.21 Å². The lowest BCUT2D eigenvalue weighted by atomic mass is 10.3. The molecular formula is C8H17NO2S. The van der Waals surface area contributed by atoms with Crippen LogP contribution in [0.25, 0.3) is 0 Å². The van der Waals surface area contributed by atoms with E-state index in [1.165, 1.54) is 0 Å². The van der Waals surface area contributed by atoms with Crippen LogP contribution in [0.2, 0.25) is 0 Å². The van der Waals surface area contributed by atoms with Crippen molar-refractivity contribution in [3.63, 3.8) is 0 Å². The minimum absolute atomic E-state index is 0.307. The molecule has 0 radical (unpaired) electrons. The highest BCUT2D eigenvalue weighted by molar-refractivity contribution is 7.85. The first-order valence-electron chi connectivity index (χ1n) is 3.95. The van der Waals surface area contributed by atoms with Crippen LogP contribution in [0.15, 0.2) is 4.40 Å². The van der Waals surface area contributed by atoms with E-state index in [0.717, 1.165) is 0 Å². The van der Waals surface area contributed by atoms with Gasteiger partial charge < -0.3 is 4.74 Å². The first-order chi connectivity index (χ1) is 5.41. The molecule has 72 valence electrons. The van der Waals surface area contributed by atoms with Gasteiger partial charge in [0.1, 0.15) is 11.0 Å². The van der Waals surface area contributed by atoms with Crippen molar-refractivity contribution in [1.29, 1.82) is 0 Å². The SMILES string of the molecule is CC/C(=N\[S@](=O)C(C)(C)C)OC. The maximum Gasteiger partial charge on any atom is 0.197 e. The Morgan fingerprint density at radius 3 is 2.25 bits per heavy atom. The summed E-state index contributed by atoms with van der Waals surface area (Å²) >= 11 is 0. The normalized spacial score (nSPS) is 15.9. The second-order valence-electron chi connectivity index (χ2n) is 3.40. The Kier molecular flexibility index (Phi) is 4.45. The molecular weight excluding hydrogens is 174 g/mol. The molecule has 0 rings (SSSR count). The van der Waals surface area contributed by atoms with Crippen molar-refractivity contribution in [2.24, 2.45) is 4.40 Å². The highest BCUT2D eigenvalue weighted by Gasteiger charge is 2.19. The third-order valence-corrected chi connectivity index (χ3v) is 2.66. The second-order valence-corrected chi connectivity index (χ2v) is 5.31. The van der Waals surface area contributed by atoms with Crippen molar-refractivity contribution >= 4 is 16.9 Å². The van der Waals surface area contributed by atoms with Gasteiger partial charge in [0, 0.05) is 6.42 Å². The van der Waals surface area contributed by atoms with Gasteiger partial charge >= 0.3 is 0 Å². The number of rotatable bonds is 2. The van der Waals surface area contributed by atoms with Gasteiger partial charge in [0.15, 0.2) is 5.90 Å². The molecule has 3 nitrogen and oxygen atoms in total. The maximum atomic E-state index is 11.4. The lowest BCUT2D eigenvalue weighted by molar-refractivity contribution is 0.393. The van der Waals surface area contributed by atoms with Crippen LogP contribution in [0.1, 0.15) is 34.1 Å². The molecule has 0 aliphatic heterocycles. The Morgan fingerprint density at radius 1 is 1.50 bits per heavy atom.